The highest BCUT2D eigenvalue weighted by Gasteiger charge is 2.50. The number of hydrogen-bond acceptors (Lipinski definition) is 5. The maximum Gasteiger partial charge on any atom is 0.160 e. The van der Waals surface area contributed by atoms with Gasteiger partial charge in [0.25, 0.3) is 0 Å². The first-order valence-corrected chi connectivity index (χ1v) is 12.3. The second-order valence-electron chi connectivity index (χ2n) is 9.15. The van der Waals surface area contributed by atoms with Gasteiger partial charge in [-0.2, -0.15) is 10.2 Å². The van der Waals surface area contributed by atoms with Crippen LogP contribution in [0.4, 0.5) is 11.4 Å². The molecule has 0 aromatic heterocycles. The minimum Gasteiger partial charge on any atom is -0.306 e. The van der Waals surface area contributed by atoms with Gasteiger partial charge in [-0.05, 0) is 35.9 Å². The highest BCUT2D eigenvalue weighted by molar-refractivity contribution is 6.08. The van der Waals surface area contributed by atoms with E-state index in [1.54, 1.807) is 0 Å². The lowest BCUT2D eigenvalue weighted by molar-refractivity contribution is 0.250. The molecule has 36 heavy (non-hydrogen) atoms. The van der Waals surface area contributed by atoms with Crippen LogP contribution in [0.1, 0.15) is 11.1 Å². The summed E-state index contributed by atoms with van der Waals surface area (Å²) in [5, 5.41) is 14.8. The number of anilines is 2. The number of rotatable bonds is 4. The van der Waals surface area contributed by atoms with Crippen molar-refractivity contribution in [2.45, 2.75) is 12.3 Å². The molecule has 4 aromatic carbocycles. The summed E-state index contributed by atoms with van der Waals surface area (Å²) in [7, 11) is 0. The van der Waals surface area contributed by atoms with Gasteiger partial charge in [0.2, 0.25) is 0 Å². The van der Waals surface area contributed by atoms with E-state index < -0.39 is 0 Å². The van der Waals surface area contributed by atoms with Gasteiger partial charge >= 0.3 is 0 Å². The summed E-state index contributed by atoms with van der Waals surface area (Å²) in [6.45, 7) is 0. The largest absolute Gasteiger partial charge is 0.306 e. The van der Waals surface area contributed by atoms with Gasteiger partial charge < -0.3 is 4.90 Å². The molecule has 0 spiro atoms. The smallest absolute Gasteiger partial charge is 0.160 e. The van der Waals surface area contributed by atoms with Crippen molar-refractivity contribution in [3.8, 4) is 0 Å². The average Bonchev–Trinajstić information content (AvgIpc) is 3.54. The van der Waals surface area contributed by atoms with Crippen molar-refractivity contribution in [3.63, 3.8) is 0 Å². The van der Waals surface area contributed by atoms with Crippen molar-refractivity contribution in [1.82, 2.24) is 4.90 Å². The van der Waals surface area contributed by atoms with Crippen molar-refractivity contribution in [2.24, 2.45) is 16.1 Å². The fraction of sp³-hybridized carbons (Fsp3) is 0.0968. The summed E-state index contributed by atoms with van der Waals surface area (Å²) in [5.74, 6) is 1.04. The molecule has 0 N–H and O–H groups in total. The van der Waals surface area contributed by atoms with Gasteiger partial charge in [0.1, 0.15) is 12.3 Å². The van der Waals surface area contributed by atoms with Crippen molar-refractivity contribution >= 4 is 22.9 Å². The summed E-state index contributed by atoms with van der Waals surface area (Å²) >= 11 is 0. The van der Waals surface area contributed by atoms with Gasteiger partial charge in [-0.1, -0.05) is 103 Å². The van der Waals surface area contributed by atoms with E-state index in [0.717, 1.165) is 34.0 Å². The van der Waals surface area contributed by atoms with E-state index in [0.29, 0.717) is 0 Å². The van der Waals surface area contributed by atoms with Crippen LogP contribution in [0.25, 0.3) is 0 Å². The third kappa shape index (κ3) is 3.32. The lowest BCUT2D eigenvalue weighted by Gasteiger charge is -2.42. The Hall–Kier alpha value is -4.64. The fourth-order valence-electron chi connectivity index (χ4n) is 5.38. The summed E-state index contributed by atoms with van der Waals surface area (Å²) in [6, 6.07) is 41.8. The van der Waals surface area contributed by atoms with Crippen molar-refractivity contribution in [1.29, 1.82) is 0 Å². The summed E-state index contributed by atoms with van der Waals surface area (Å²) in [4.78, 5) is 2.43. The van der Waals surface area contributed by atoms with E-state index in [4.69, 9.17) is 10.2 Å². The zero-order chi connectivity index (χ0) is 23.9. The topological polar surface area (TPSA) is 34.4 Å². The molecule has 0 amide bonds. The van der Waals surface area contributed by atoms with Crippen LogP contribution in [-0.2, 0) is 0 Å². The van der Waals surface area contributed by atoms with E-state index in [-0.39, 0.29) is 18.2 Å². The molecular weight excluding hydrogens is 442 g/mol. The monoisotopic (exact) mass is 467 g/mol. The van der Waals surface area contributed by atoms with Crippen LogP contribution in [0.15, 0.2) is 144 Å². The highest BCUT2D eigenvalue weighted by Crippen LogP contribution is 2.41. The molecule has 3 heterocycles. The van der Waals surface area contributed by atoms with Crippen LogP contribution < -0.4 is 10.0 Å². The molecule has 5 heteroatoms. The van der Waals surface area contributed by atoms with Crippen LogP contribution in [0.5, 0.6) is 0 Å². The van der Waals surface area contributed by atoms with Gasteiger partial charge in [-0.15, -0.1) is 0 Å². The highest BCUT2D eigenvalue weighted by atomic mass is 15.7. The molecule has 3 aliphatic rings. The average molecular weight is 468 g/mol. The molecular formula is C31H25N5. The minimum atomic E-state index is -0.0552. The second-order valence-corrected chi connectivity index (χ2v) is 9.15. The predicted octanol–water partition coefficient (Wildman–Crippen LogP) is 5.93. The number of para-hydroxylation sites is 2. The van der Waals surface area contributed by atoms with Crippen LogP contribution in [0.3, 0.4) is 0 Å². The first kappa shape index (κ1) is 20.7. The van der Waals surface area contributed by atoms with Gasteiger partial charge in [0.05, 0.1) is 23.0 Å². The third-order valence-electron chi connectivity index (χ3n) is 7.00. The Bertz CT molecular complexity index is 1450. The number of nitrogens with zero attached hydrogens (tertiary/aromatic N) is 5. The lowest BCUT2D eigenvalue weighted by Crippen LogP contribution is -2.57. The first-order chi connectivity index (χ1) is 17.9. The maximum atomic E-state index is 5.24. The lowest BCUT2D eigenvalue weighted by atomic mass is 9.90. The van der Waals surface area contributed by atoms with E-state index in [2.05, 4.69) is 130 Å². The third-order valence-corrected chi connectivity index (χ3v) is 7.00. The zero-order valence-electron chi connectivity index (χ0n) is 19.7. The molecule has 0 saturated carbocycles. The summed E-state index contributed by atoms with van der Waals surface area (Å²) in [6.07, 6.45) is 4.49. The Morgan fingerprint density at radius 1 is 0.500 bits per heavy atom. The van der Waals surface area contributed by atoms with E-state index in [1.807, 2.05) is 18.2 Å². The standard InChI is InChI=1S/C31H25N5/c1-5-13-23(14-6-1)29-27-21-22-28-34(31(27)36(32-29)26-19-11-4-12-20-26)30(24-15-7-2-8-16-24)33-35(28)25-17-9-3-10-18-25/h1-22,27-28,31H/t27-,28+,31+/m1/s1. The van der Waals surface area contributed by atoms with Gasteiger partial charge in [-0.25, -0.2) is 10.0 Å². The molecule has 3 atom stereocenters. The van der Waals surface area contributed by atoms with Crippen LogP contribution in [-0.4, -0.2) is 28.8 Å². The Balaban J connectivity index is 1.40. The Morgan fingerprint density at radius 2 is 1.03 bits per heavy atom. The maximum absolute atomic E-state index is 5.24. The molecule has 174 valence electrons. The number of benzene rings is 4. The fourth-order valence-corrected chi connectivity index (χ4v) is 5.38. The molecule has 4 aromatic rings. The first-order valence-electron chi connectivity index (χ1n) is 12.3. The Kier molecular flexibility index (Phi) is 4.91. The van der Waals surface area contributed by atoms with Crippen molar-refractivity contribution < 1.29 is 0 Å². The molecule has 3 aliphatic heterocycles. The SMILES string of the molecule is C1=C[C@@H]2N(c3ccccc3)N=C(c3ccccc3)N2[C@@H]2[C@H]1C(c1ccccc1)=NN2c1ccccc1. The van der Waals surface area contributed by atoms with Gasteiger partial charge in [-0.3, -0.25) is 0 Å². The number of hydrazone groups is 2. The molecule has 0 radical (unpaired) electrons. The van der Waals surface area contributed by atoms with Gasteiger partial charge in [0, 0.05) is 5.56 Å². The second kappa shape index (κ2) is 8.54. The number of fused-ring (bicyclic) bond motifs is 3. The van der Waals surface area contributed by atoms with Gasteiger partial charge in [0.15, 0.2) is 5.84 Å². The van der Waals surface area contributed by atoms with E-state index in [1.165, 1.54) is 0 Å². The van der Waals surface area contributed by atoms with E-state index in [9.17, 15) is 0 Å². The predicted molar refractivity (Wildman–Crippen MR) is 146 cm³/mol. The summed E-state index contributed by atoms with van der Waals surface area (Å²) in [5.41, 5.74) is 5.44. The van der Waals surface area contributed by atoms with Crippen LogP contribution >= 0.6 is 0 Å². The van der Waals surface area contributed by atoms with Crippen LogP contribution in [0, 0.1) is 5.92 Å². The molecule has 0 bridgehead atoms. The summed E-state index contributed by atoms with van der Waals surface area (Å²) < 4.78 is 0. The molecule has 5 nitrogen and oxygen atoms in total. The van der Waals surface area contributed by atoms with Crippen LogP contribution in [0.2, 0.25) is 0 Å². The normalized spacial score (nSPS) is 22.2. The molecule has 0 unspecified atom stereocenters. The Labute approximate surface area is 210 Å². The minimum absolute atomic E-state index is 0.0507. The van der Waals surface area contributed by atoms with Crippen molar-refractivity contribution in [2.75, 3.05) is 10.0 Å². The van der Waals surface area contributed by atoms with Crippen molar-refractivity contribution in [3.05, 3.63) is 145 Å². The zero-order valence-corrected chi connectivity index (χ0v) is 19.7. The molecule has 7 rings (SSSR count). The molecule has 0 saturated heterocycles. The Morgan fingerprint density at radius 3 is 1.64 bits per heavy atom. The molecule has 0 aliphatic carbocycles. The quantitative estimate of drug-likeness (QED) is 0.349. The molecule has 0 fully saturated rings. The van der Waals surface area contributed by atoms with E-state index >= 15 is 0 Å². The number of hydrogen-bond donors (Lipinski definition) is 0. The number of amidine groups is 1.